The summed E-state index contributed by atoms with van der Waals surface area (Å²) in [5.74, 6) is 2.11. The van der Waals surface area contributed by atoms with Crippen molar-refractivity contribution in [3.05, 3.63) is 28.8 Å². The van der Waals surface area contributed by atoms with Crippen LogP contribution in [-0.2, 0) is 0 Å². The lowest BCUT2D eigenvalue weighted by Crippen LogP contribution is -2.32. The van der Waals surface area contributed by atoms with Gasteiger partial charge in [0.1, 0.15) is 5.75 Å². The molecule has 0 aromatic heterocycles. The second kappa shape index (κ2) is 5.74. The smallest absolute Gasteiger partial charge is 0.122 e. The van der Waals surface area contributed by atoms with E-state index in [0.29, 0.717) is 11.8 Å². The number of hydrogen-bond donors (Lipinski definition) is 1. The maximum atomic E-state index is 6.09. The molecule has 0 bridgehead atoms. The predicted molar refractivity (Wildman–Crippen MR) is 72.0 cm³/mol. The Hall–Kier alpha value is -0.730. The molecule has 1 aliphatic heterocycles. The Morgan fingerprint density at radius 3 is 2.94 bits per heavy atom. The van der Waals surface area contributed by atoms with E-state index in [1.54, 1.807) is 7.11 Å². The van der Waals surface area contributed by atoms with Gasteiger partial charge < -0.3 is 10.1 Å². The summed E-state index contributed by atoms with van der Waals surface area (Å²) in [6, 6.07) is 5.89. The molecule has 1 heterocycles. The summed E-state index contributed by atoms with van der Waals surface area (Å²) in [4.78, 5) is 0. The molecule has 3 heteroatoms. The van der Waals surface area contributed by atoms with Crippen molar-refractivity contribution in [1.29, 1.82) is 0 Å². The number of piperidine rings is 1. The predicted octanol–water partition coefficient (Wildman–Crippen LogP) is 3.45. The van der Waals surface area contributed by atoms with Crippen LogP contribution in [0, 0.1) is 5.92 Å². The fraction of sp³-hybridized carbons (Fsp3) is 0.571. The van der Waals surface area contributed by atoms with Crippen LogP contribution in [0.2, 0.25) is 5.02 Å². The number of rotatable bonds is 3. The number of ether oxygens (including phenoxy) is 1. The van der Waals surface area contributed by atoms with Crippen molar-refractivity contribution >= 4 is 11.6 Å². The van der Waals surface area contributed by atoms with Gasteiger partial charge in [0.15, 0.2) is 0 Å². The van der Waals surface area contributed by atoms with Gasteiger partial charge >= 0.3 is 0 Å². The Labute approximate surface area is 108 Å². The van der Waals surface area contributed by atoms with Crippen LogP contribution < -0.4 is 10.1 Å². The topological polar surface area (TPSA) is 21.3 Å². The first kappa shape index (κ1) is 12.7. The largest absolute Gasteiger partial charge is 0.496 e. The van der Waals surface area contributed by atoms with E-state index in [1.807, 2.05) is 18.2 Å². The summed E-state index contributed by atoms with van der Waals surface area (Å²) >= 11 is 6.09. The molecule has 2 rings (SSSR count). The summed E-state index contributed by atoms with van der Waals surface area (Å²) in [6.45, 7) is 4.51. The standard InChI is InChI=1S/C14H20ClNO/c1-10(11-4-3-7-16-9-11)13-8-12(15)5-6-14(13)17-2/h5-6,8,10-11,16H,3-4,7,9H2,1-2H3. The average molecular weight is 254 g/mol. The van der Waals surface area contributed by atoms with E-state index < -0.39 is 0 Å². The Balaban J connectivity index is 2.21. The average Bonchev–Trinajstić information content (AvgIpc) is 2.39. The van der Waals surface area contributed by atoms with Gasteiger partial charge in [0, 0.05) is 5.02 Å². The summed E-state index contributed by atoms with van der Waals surface area (Å²) in [5.41, 5.74) is 1.23. The third-order valence-corrected chi connectivity index (χ3v) is 3.96. The SMILES string of the molecule is COc1ccc(Cl)cc1C(C)C1CCCNC1. The molecule has 0 aliphatic carbocycles. The fourth-order valence-electron chi connectivity index (χ4n) is 2.62. The summed E-state index contributed by atoms with van der Waals surface area (Å²) in [7, 11) is 1.72. The summed E-state index contributed by atoms with van der Waals surface area (Å²) in [6.07, 6.45) is 2.54. The van der Waals surface area contributed by atoms with Gasteiger partial charge in [-0.2, -0.15) is 0 Å². The number of methoxy groups -OCH3 is 1. The number of benzene rings is 1. The van der Waals surface area contributed by atoms with Crippen molar-refractivity contribution in [3.63, 3.8) is 0 Å². The second-order valence-corrected chi connectivity index (χ2v) is 5.22. The van der Waals surface area contributed by atoms with Gasteiger partial charge in [-0.25, -0.2) is 0 Å². The van der Waals surface area contributed by atoms with Gasteiger partial charge in [-0.15, -0.1) is 0 Å². The van der Waals surface area contributed by atoms with E-state index in [0.717, 1.165) is 23.9 Å². The van der Waals surface area contributed by atoms with E-state index in [-0.39, 0.29) is 0 Å². The molecule has 17 heavy (non-hydrogen) atoms. The highest BCUT2D eigenvalue weighted by molar-refractivity contribution is 6.30. The molecule has 0 spiro atoms. The molecule has 1 aliphatic rings. The van der Waals surface area contributed by atoms with Gasteiger partial charge in [-0.05, 0) is 61.5 Å². The molecule has 1 fully saturated rings. The number of nitrogens with one attached hydrogen (secondary N) is 1. The molecule has 1 saturated heterocycles. The van der Waals surface area contributed by atoms with Crippen LogP contribution in [0.1, 0.15) is 31.2 Å². The van der Waals surface area contributed by atoms with E-state index >= 15 is 0 Å². The molecule has 2 nitrogen and oxygen atoms in total. The van der Waals surface area contributed by atoms with E-state index in [4.69, 9.17) is 16.3 Å². The van der Waals surface area contributed by atoms with Crippen LogP contribution in [-0.4, -0.2) is 20.2 Å². The van der Waals surface area contributed by atoms with Crippen molar-refractivity contribution in [1.82, 2.24) is 5.32 Å². The highest BCUT2D eigenvalue weighted by Crippen LogP contribution is 2.36. The van der Waals surface area contributed by atoms with Gasteiger partial charge in [-0.3, -0.25) is 0 Å². The van der Waals surface area contributed by atoms with Crippen molar-refractivity contribution < 1.29 is 4.74 Å². The third kappa shape index (κ3) is 2.93. The maximum Gasteiger partial charge on any atom is 0.122 e. The maximum absolute atomic E-state index is 6.09. The molecule has 94 valence electrons. The normalized spacial score (nSPS) is 22.2. The highest BCUT2D eigenvalue weighted by Gasteiger charge is 2.23. The van der Waals surface area contributed by atoms with Crippen molar-refractivity contribution in [2.45, 2.75) is 25.7 Å². The lowest BCUT2D eigenvalue weighted by molar-refractivity contribution is 0.325. The van der Waals surface area contributed by atoms with Crippen LogP contribution in [0.25, 0.3) is 0 Å². The van der Waals surface area contributed by atoms with Crippen molar-refractivity contribution in [2.24, 2.45) is 5.92 Å². The summed E-state index contributed by atoms with van der Waals surface area (Å²) < 4.78 is 5.43. The number of halogens is 1. The van der Waals surface area contributed by atoms with Gasteiger partial charge in [0.05, 0.1) is 7.11 Å². The number of hydrogen-bond acceptors (Lipinski definition) is 2. The quantitative estimate of drug-likeness (QED) is 0.891. The molecule has 0 saturated carbocycles. The van der Waals surface area contributed by atoms with Gasteiger partial charge in [-0.1, -0.05) is 18.5 Å². The highest BCUT2D eigenvalue weighted by atomic mass is 35.5. The van der Waals surface area contributed by atoms with Gasteiger partial charge in [0.25, 0.3) is 0 Å². The minimum atomic E-state index is 0.483. The van der Waals surface area contributed by atoms with Crippen LogP contribution in [0.4, 0.5) is 0 Å². The first-order valence-electron chi connectivity index (χ1n) is 6.26. The molecule has 0 amide bonds. The zero-order chi connectivity index (χ0) is 12.3. The van der Waals surface area contributed by atoms with E-state index in [9.17, 15) is 0 Å². The monoisotopic (exact) mass is 253 g/mol. The van der Waals surface area contributed by atoms with E-state index in [2.05, 4.69) is 12.2 Å². The lowest BCUT2D eigenvalue weighted by atomic mass is 9.82. The van der Waals surface area contributed by atoms with Crippen molar-refractivity contribution in [2.75, 3.05) is 20.2 Å². The molecular weight excluding hydrogens is 234 g/mol. The molecular formula is C14H20ClNO. The first-order chi connectivity index (χ1) is 8.22. The second-order valence-electron chi connectivity index (χ2n) is 4.78. The summed E-state index contributed by atoms with van der Waals surface area (Å²) in [5, 5.41) is 4.25. The van der Waals surface area contributed by atoms with Crippen LogP contribution in [0.5, 0.6) is 5.75 Å². The zero-order valence-electron chi connectivity index (χ0n) is 10.5. The first-order valence-corrected chi connectivity index (χ1v) is 6.64. The van der Waals surface area contributed by atoms with E-state index in [1.165, 1.54) is 18.4 Å². The van der Waals surface area contributed by atoms with Crippen molar-refractivity contribution in [3.8, 4) is 5.75 Å². The molecule has 2 atom stereocenters. The van der Waals surface area contributed by atoms with Gasteiger partial charge in [0.2, 0.25) is 0 Å². The Bertz CT molecular complexity index is 374. The van der Waals surface area contributed by atoms with Crippen LogP contribution in [0.15, 0.2) is 18.2 Å². The third-order valence-electron chi connectivity index (χ3n) is 3.72. The Morgan fingerprint density at radius 1 is 1.47 bits per heavy atom. The minimum Gasteiger partial charge on any atom is -0.496 e. The molecule has 2 unspecified atom stereocenters. The molecule has 0 radical (unpaired) electrons. The molecule has 1 aromatic rings. The Kier molecular flexibility index (Phi) is 4.30. The molecule has 1 N–H and O–H groups in total. The minimum absolute atomic E-state index is 0.483. The van der Waals surface area contributed by atoms with Crippen LogP contribution in [0.3, 0.4) is 0 Å². The van der Waals surface area contributed by atoms with Crippen LogP contribution >= 0.6 is 11.6 Å². The Morgan fingerprint density at radius 2 is 2.29 bits per heavy atom. The molecule has 1 aromatic carbocycles. The zero-order valence-corrected chi connectivity index (χ0v) is 11.3. The fourth-order valence-corrected chi connectivity index (χ4v) is 2.80. The lowest BCUT2D eigenvalue weighted by Gasteiger charge is -2.29.